The second-order valence-corrected chi connectivity index (χ2v) is 23.1. The average Bonchev–Trinajstić information content (AvgIpc) is 2.61. The fourth-order valence-electron chi connectivity index (χ4n) is 11.3. The zero-order chi connectivity index (χ0) is 61.0. The Balaban J connectivity index is 0.000000198. The molecule has 11 rings (SSSR count). The van der Waals surface area contributed by atoms with Crippen molar-refractivity contribution in [3.05, 3.63) is 208 Å². The van der Waals surface area contributed by atoms with Crippen LogP contribution in [0.1, 0.15) is 148 Å². The summed E-state index contributed by atoms with van der Waals surface area (Å²) in [6.45, 7) is 18.6. The van der Waals surface area contributed by atoms with E-state index in [2.05, 4.69) is 204 Å². The number of pyridine rings is 2. The normalized spacial score (nSPS) is 16.2. The van der Waals surface area contributed by atoms with E-state index in [9.17, 15) is 9.59 Å². The fourth-order valence-corrected chi connectivity index (χ4v) is 11.5. The number of aromatic amines is 1. The van der Waals surface area contributed by atoms with Crippen LogP contribution in [0.5, 0.6) is 11.5 Å². The number of benzene rings is 5. The summed E-state index contributed by atoms with van der Waals surface area (Å²) in [4.78, 5) is 50.7. The van der Waals surface area contributed by atoms with Gasteiger partial charge in [-0.1, -0.05) is 128 Å². The SMILES string of the molecule is CCCCN(C(=O)C1CC(c2ccc(-n3cnc(C)c3)c(C)c2)C1)C(C)c1ccccc1.CCCCN(C(=O)C1CC(c2ccc(Br)c(C)c2)C1)C(C)c1ccccc1.COc1ccnc2c1ccc1c(OC)ccnc12.Cc1cnc[nH]1.[Cu].[O]=[Cu]. The van der Waals surface area contributed by atoms with Crippen LogP contribution in [-0.4, -0.2) is 78.4 Å². The Morgan fingerprint density at radius 1 is 0.651 bits per heavy atom. The minimum absolute atomic E-state index is 0. The second-order valence-electron chi connectivity index (χ2n) is 22.3. The summed E-state index contributed by atoms with van der Waals surface area (Å²) < 4.78 is 21.7. The quantitative estimate of drug-likeness (QED) is 0.0695. The number of aryl methyl sites for hydroxylation is 4. The molecule has 2 amide bonds. The predicted octanol–water partition coefficient (Wildman–Crippen LogP) is 16.4. The molecule has 0 aliphatic heterocycles. The molecule has 13 nitrogen and oxygen atoms in total. The van der Waals surface area contributed by atoms with E-state index in [4.69, 9.17) is 13.3 Å². The van der Waals surface area contributed by atoms with E-state index >= 15 is 0 Å². The Kier molecular flexibility index (Phi) is 27.0. The number of hydrogen-bond donors (Lipinski definition) is 1. The third-order valence-corrected chi connectivity index (χ3v) is 17.4. The van der Waals surface area contributed by atoms with Gasteiger partial charge in [-0.15, -0.1) is 0 Å². The number of imidazole rings is 2. The van der Waals surface area contributed by atoms with Gasteiger partial charge in [-0.2, -0.15) is 0 Å². The van der Waals surface area contributed by atoms with E-state index in [-0.39, 0.29) is 41.0 Å². The van der Waals surface area contributed by atoms with E-state index in [1.54, 1.807) is 39.1 Å². The topological polar surface area (TPSA) is 148 Å². The van der Waals surface area contributed by atoms with Gasteiger partial charge < -0.3 is 28.8 Å². The van der Waals surface area contributed by atoms with Crippen LogP contribution in [0, 0.1) is 39.5 Å². The molecule has 16 heteroatoms. The summed E-state index contributed by atoms with van der Waals surface area (Å²) in [5, 5.41) is 1.90. The Bertz CT molecular complexity index is 3480. The van der Waals surface area contributed by atoms with Gasteiger partial charge >= 0.3 is 19.8 Å². The molecule has 2 saturated carbocycles. The van der Waals surface area contributed by atoms with E-state index < -0.39 is 0 Å². The molecule has 0 spiro atoms. The van der Waals surface area contributed by atoms with E-state index in [0.717, 1.165) is 114 Å². The summed E-state index contributed by atoms with van der Waals surface area (Å²) in [7, 11) is 3.30. The molecule has 5 aromatic carbocycles. The van der Waals surface area contributed by atoms with Crippen LogP contribution in [0.3, 0.4) is 0 Å². The summed E-state index contributed by atoms with van der Waals surface area (Å²) in [6.07, 6.45) is 19.0. The number of nitrogens with zero attached hydrogens (tertiary/aromatic N) is 7. The van der Waals surface area contributed by atoms with Crippen LogP contribution in [0.4, 0.5) is 0 Å². The number of H-pyrrole nitrogens is 1. The first-order valence-electron chi connectivity index (χ1n) is 29.6. The van der Waals surface area contributed by atoms with Crippen molar-refractivity contribution in [2.45, 2.75) is 131 Å². The van der Waals surface area contributed by atoms with Gasteiger partial charge in [-0.3, -0.25) is 19.6 Å². The van der Waals surface area contributed by atoms with Crippen LogP contribution in [-0.2, 0) is 46.4 Å². The van der Waals surface area contributed by atoms with E-state index in [0.29, 0.717) is 23.7 Å². The first-order chi connectivity index (χ1) is 41.2. The molecule has 2 unspecified atom stereocenters. The van der Waals surface area contributed by atoms with Crippen molar-refractivity contribution >= 4 is 49.6 Å². The molecule has 9 aromatic rings. The first-order valence-corrected chi connectivity index (χ1v) is 30.8. The number of nitrogens with one attached hydrogen (secondary N) is 1. The Hall–Kier alpha value is -6.80. The van der Waals surface area contributed by atoms with Gasteiger partial charge in [0.05, 0.1) is 44.7 Å². The zero-order valence-electron chi connectivity index (χ0n) is 51.2. The van der Waals surface area contributed by atoms with Crippen molar-refractivity contribution in [1.29, 1.82) is 0 Å². The number of halogens is 1. The van der Waals surface area contributed by atoms with Gasteiger partial charge in [-0.25, -0.2) is 9.97 Å². The van der Waals surface area contributed by atoms with Crippen molar-refractivity contribution in [3.63, 3.8) is 0 Å². The molecule has 462 valence electrons. The number of ether oxygens (including phenoxy) is 2. The van der Waals surface area contributed by atoms with Crippen LogP contribution in [0.2, 0.25) is 0 Å². The number of amides is 2. The molecule has 2 aliphatic carbocycles. The van der Waals surface area contributed by atoms with E-state index in [1.165, 1.54) is 39.1 Å². The number of unbranched alkanes of at least 4 members (excludes halogenated alkanes) is 2. The number of methoxy groups -OCH3 is 2. The number of rotatable bonds is 17. The number of fused-ring (bicyclic) bond motifs is 3. The Morgan fingerprint density at radius 2 is 1.12 bits per heavy atom. The first kappa shape index (κ1) is 68.3. The maximum atomic E-state index is 13.4. The number of aromatic nitrogens is 6. The van der Waals surface area contributed by atoms with E-state index in [1.807, 2.05) is 56.6 Å². The Morgan fingerprint density at radius 3 is 1.49 bits per heavy atom. The molecule has 4 heterocycles. The van der Waals surface area contributed by atoms with Gasteiger partial charge in [0, 0.05) is 93.4 Å². The molecule has 86 heavy (non-hydrogen) atoms. The molecule has 1 radical (unpaired) electrons. The molecular weight excluding hydrogens is 1240 g/mol. The molecule has 2 fully saturated rings. The van der Waals surface area contributed by atoms with Crippen molar-refractivity contribution in [1.82, 2.24) is 39.3 Å². The molecular formula is C70H83BrCu2N8O5. The Labute approximate surface area is 536 Å². The minimum atomic E-state index is 0. The molecule has 0 saturated heterocycles. The molecule has 1 N–H and O–H groups in total. The molecule has 2 atom stereocenters. The zero-order valence-corrected chi connectivity index (χ0v) is 54.7. The van der Waals surface area contributed by atoms with Gasteiger partial charge in [0.15, 0.2) is 0 Å². The summed E-state index contributed by atoms with van der Waals surface area (Å²) in [5.74, 6) is 3.56. The monoisotopic (exact) mass is 1320 g/mol. The molecule has 0 bridgehead atoms. The second kappa shape index (κ2) is 33.9. The average molecular weight is 1320 g/mol. The summed E-state index contributed by atoms with van der Waals surface area (Å²) in [6, 6.07) is 42.0. The van der Waals surface area contributed by atoms with Crippen LogP contribution in [0.25, 0.3) is 27.5 Å². The number of hydrogen-bond acceptors (Lipinski definition) is 9. The van der Waals surface area contributed by atoms with Gasteiger partial charge in [0.25, 0.3) is 0 Å². The predicted molar refractivity (Wildman–Crippen MR) is 340 cm³/mol. The van der Waals surface area contributed by atoms with Crippen molar-refractivity contribution in [2.24, 2.45) is 11.8 Å². The molecule has 4 aromatic heterocycles. The third-order valence-electron chi connectivity index (χ3n) is 16.5. The van der Waals surface area contributed by atoms with Crippen molar-refractivity contribution < 1.29 is 55.9 Å². The number of carbonyl (C=O) groups is 2. The summed E-state index contributed by atoms with van der Waals surface area (Å²) >= 11 is 6.51. The van der Waals surface area contributed by atoms with Crippen molar-refractivity contribution in [2.75, 3.05) is 27.3 Å². The number of carbonyl (C=O) groups excluding carboxylic acids is 2. The van der Waals surface area contributed by atoms with Crippen LogP contribution in [0.15, 0.2) is 163 Å². The van der Waals surface area contributed by atoms with Gasteiger partial charge in [-0.05, 0) is 162 Å². The van der Waals surface area contributed by atoms with Gasteiger partial charge in [0.2, 0.25) is 11.8 Å². The van der Waals surface area contributed by atoms with Crippen molar-refractivity contribution in [3.8, 4) is 17.2 Å². The third kappa shape index (κ3) is 17.5. The van der Waals surface area contributed by atoms with Gasteiger partial charge in [0.1, 0.15) is 22.5 Å². The van der Waals surface area contributed by atoms with Crippen LogP contribution >= 0.6 is 15.9 Å². The maximum absolute atomic E-state index is 13.4. The van der Waals surface area contributed by atoms with Crippen LogP contribution < -0.4 is 9.47 Å². The standard InChI is InChI=1S/C28H35N3O.C24H30BrNO.C14H12N2O2.C4H6N2.2Cu.O/c1-5-6-14-31(22(4)23-10-8-7-9-11-23)28(32)26-16-25(17-26)24-12-13-27(20(2)15-24)30-18-21(3)29-19-30;1-4-5-13-26(18(3)19-9-7-6-8-10-19)24(27)22-15-21(16-22)20-11-12-23(25)17(2)14-20;1-17-11-5-7-15-13-9(11)3-4-10-12(18-2)6-8-16-14(10)13;1-4-2-5-3-6-4;;;/h7-13,15,18-19,22,25-26H,5-6,14,16-17H2,1-4H3;6-12,14,18,21-22H,4-5,13,15-16H2,1-3H3;3-8H,1-2H3;2-3H,1H3,(H,5,6);;;. The fraction of sp³-hybridized carbons (Fsp3) is 0.371. The molecule has 2 aliphatic rings. The summed E-state index contributed by atoms with van der Waals surface area (Å²) in [5.41, 5.74) is 12.6.